The van der Waals surface area contributed by atoms with Gasteiger partial charge in [0.05, 0.1) is 4.90 Å². The lowest BCUT2D eigenvalue weighted by molar-refractivity contribution is 0.0997. The Labute approximate surface area is 140 Å². The van der Waals surface area contributed by atoms with E-state index in [4.69, 9.17) is 0 Å². The lowest BCUT2D eigenvalue weighted by atomic mass is 10.2. The van der Waals surface area contributed by atoms with Crippen molar-refractivity contribution in [1.29, 1.82) is 0 Å². The van der Waals surface area contributed by atoms with Gasteiger partial charge in [-0.15, -0.1) is 11.3 Å². The van der Waals surface area contributed by atoms with Gasteiger partial charge in [-0.05, 0) is 34.1 Å². The molecule has 0 N–H and O–H groups in total. The highest BCUT2D eigenvalue weighted by Crippen LogP contribution is 2.25. The quantitative estimate of drug-likeness (QED) is 0.784. The molecule has 0 saturated carbocycles. The first-order chi connectivity index (χ1) is 10.2. The molecule has 1 aromatic carbocycles. The van der Waals surface area contributed by atoms with E-state index in [0.29, 0.717) is 9.27 Å². The Morgan fingerprint density at radius 1 is 1.36 bits per heavy atom. The maximum absolute atomic E-state index is 12.3. The normalized spacial score (nSPS) is 12.9. The van der Waals surface area contributed by atoms with Gasteiger partial charge in [0.1, 0.15) is 0 Å². The van der Waals surface area contributed by atoms with Crippen molar-refractivity contribution >= 4 is 43.2 Å². The van der Waals surface area contributed by atoms with Crippen LogP contribution < -0.4 is 4.80 Å². The third-order valence-electron chi connectivity index (χ3n) is 2.89. The smallest absolute Gasteiger partial charge is 0.279 e. The van der Waals surface area contributed by atoms with E-state index in [1.165, 1.54) is 43.6 Å². The molecule has 6 nitrogen and oxygen atoms in total. The second kappa shape index (κ2) is 6.45. The van der Waals surface area contributed by atoms with Gasteiger partial charge in [-0.1, -0.05) is 0 Å². The van der Waals surface area contributed by atoms with Crippen LogP contribution in [0.3, 0.4) is 0 Å². The van der Waals surface area contributed by atoms with Crippen molar-refractivity contribution in [1.82, 2.24) is 8.87 Å². The molecule has 0 radical (unpaired) electrons. The number of sulfonamides is 1. The van der Waals surface area contributed by atoms with Crippen LogP contribution in [0.2, 0.25) is 0 Å². The zero-order valence-electron chi connectivity index (χ0n) is 12.1. The van der Waals surface area contributed by atoms with E-state index in [1.54, 1.807) is 17.8 Å². The first kappa shape index (κ1) is 17.1. The van der Waals surface area contributed by atoms with Gasteiger partial charge >= 0.3 is 0 Å². The lowest BCUT2D eigenvalue weighted by Gasteiger charge is -2.13. The summed E-state index contributed by atoms with van der Waals surface area (Å²) in [5, 5.41) is 1.82. The third-order valence-corrected chi connectivity index (χ3v) is 6.55. The Bertz CT molecular complexity index is 882. The molecule has 1 amide bonds. The number of hydrogen-bond donors (Lipinski definition) is 0. The summed E-state index contributed by atoms with van der Waals surface area (Å²) in [5.41, 5.74) is 0.219. The van der Waals surface area contributed by atoms with E-state index in [-0.39, 0.29) is 10.5 Å². The highest BCUT2D eigenvalue weighted by Gasteiger charge is 2.22. The molecule has 1 aromatic heterocycles. The molecule has 0 fully saturated rings. The number of carbonyl (C=O) groups excluding carboxylic acids is 1. The number of amides is 1. The van der Waals surface area contributed by atoms with Crippen LogP contribution in [0.4, 0.5) is 0 Å². The molecule has 22 heavy (non-hydrogen) atoms. The molecular weight excluding hydrogens is 390 g/mol. The number of aromatic nitrogens is 1. The van der Waals surface area contributed by atoms with Crippen LogP contribution in [-0.4, -0.2) is 37.3 Å². The van der Waals surface area contributed by atoms with E-state index in [2.05, 4.69) is 20.9 Å². The predicted octanol–water partition coefficient (Wildman–Crippen LogP) is 1.84. The number of rotatable bonds is 3. The fourth-order valence-electron chi connectivity index (χ4n) is 1.62. The monoisotopic (exact) mass is 403 g/mol. The molecule has 0 saturated heterocycles. The van der Waals surface area contributed by atoms with Crippen LogP contribution in [0.15, 0.2) is 44.1 Å². The van der Waals surface area contributed by atoms with Crippen molar-refractivity contribution < 1.29 is 13.2 Å². The van der Waals surface area contributed by atoms with Gasteiger partial charge in [0, 0.05) is 42.8 Å². The van der Waals surface area contributed by atoms with Gasteiger partial charge in [-0.2, -0.15) is 4.99 Å². The summed E-state index contributed by atoms with van der Waals surface area (Å²) in [5.74, 6) is -0.485. The maximum Gasteiger partial charge on any atom is 0.279 e. The van der Waals surface area contributed by atoms with Crippen LogP contribution in [0, 0.1) is 0 Å². The van der Waals surface area contributed by atoms with Crippen LogP contribution in [-0.2, 0) is 17.1 Å². The number of halogens is 1. The standard InChI is InChI=1S/C13H14BrN3O3S2/c1-16(2)22(19,20)11-8-9(4-5-10(11)14)12(18)15-13-17(3)6-7-21-13/h4-8H,1-3H3. The van der Waals surface area contributed by atoms with Crippen molar-refractivity contribution in [2.24, 2.45) is 12.0 Å². The maximum atomic E-state index is 12.3. The van der Waals surface area contributed by atoms with Crippen LogP contribution >= 0.6 is 27.3 Å². The molecule has 0 atom stereocenters. The SMILES string of the molecule is CN(C)S(=O)(=O)c1cc(C(=O)N=c2sccn2C)ccc1Br. The second-order valence-corrected chi connectivity index (χ2v) is 8.49. The topological polar surface area (TPSA) is 71.7 Å². The predicted molar refractivity (Wildman–Crippen MR) is 88.2 cm³/mol. The summed E-state index contributed by atoms with van der Waals surface area (Å²) in [6.45, 7) is 0. The molecule has 0 unspecified atom stereocenters. The van der Waals surface area contributed by atoms with E-state index in [1.807, 2.05) is 5.38 Å². The Morgan fingerprint density at radius 2 is 2.05 bits per heavy atom. The van der Waals surface area contributed by atoms with Crippen molar-refractivity contribution in [2.75, 3.05) is 14.1 Å². The Kier molecular flexibility index (Phi) is 5.00. The van der Waals surface area contributed by atoms with Crippen molar-refractivity contribution in [3.05, 3.63) is 44.6 Å². The first-order valence-electron chi connectivity index (χ1n) is 6.14. The summed E-state index contributed by atoms with van der Waals surface area (Å²) < 4.78 is 27.7. The van der Waals surface area contributed by atoms with Gasteiger partial charge < -0.3 is 4.57 Å². The van der Waals surface area contributed by atoms with Gasteiger partial charge in [-0.3, -0.25) is 4.79 Å². The Hall–Kier alpha value is -1.29. The molecule has 118 valence electrons. The summed E-state index contributed by atoms with van der Waals surface area (Å²) in [4.78, 5) is 16.8. The third kappa shape index (κ3) is 3.37. The minimum Gasteiger partial charge on any atom is -0.327 e. The molecule has 1 heterocycles. The number of hydrogen-bond acceptors (Lipinski definition) is 4. The zero-order valence-corrected chi connectivity index (χ0v) is 15.4. The number of nitrogens with zero attached hydrogens (tertiary/aromatic N) is 3. The van der Waals surface area contributed by atoms with Gasteiger partial charge in [0.2, 0.25) is 10.0 Å². The largest absolute Gasteiger partial charge is 0.327 e. The lowest BCUT2D eigenvalue weighted by Crippen LogP contribution is -2.23. The molecule has 2 rings (SSSR count). The average molecular weight is 404 g/mol. The molecule has 2 aromatic rings. The highest BCUT2D eigenvalue weighted by molar-refractivity contribution is 9.10. The fourth-order valence-corrected chi connectivity index (χ4v) is 4.19. The first-order valence-corrected chi connectivity index (χ1v) is 9.26. The fraction of sp³-hybridized carbons (Fsp3) is 0.231. The van der Waals surface area contributed by atoms with E-state index in [0.717, 1.165) is 4.31 Å². The summed E-state index contributed by atoms with van der Waals surface area (Å²) in [7, 11) is 1.01. The van der Waals surface area contributed by atoms with Gasteiger partial charge in [-0.25, -0.2) is 12.7 Å². The van der Waals surface area contributed by atoms with E-state index >= 15 is 0 Å². The molecule has 9 heteroatoms. The highest BCUT2D eigenvalue weighted by atomic mass is 79.9. The number of aryl methyl sites for hydroxylation is 1. The van der Waals surface area contributed by atoms with Crippen molar-refractivity contribution in [3.63, 3.8) is 0 Å². The molecule has 0 aliphatic carbocycles. The van der Waals surface area contributed by atoms with Crippen LogP contribution in [0.5, 0.6) is 0 Å². The van der Waals surface area contributed by atoms with Crippen molar-refractivity contribution in [3.8, 4) is 0 Å². The number of carbonyl (C=O) groups is 1. The van der Waals surface area contributed by atoms with Gasteiger partial charge in [0.25, 0.3) is 5.91 Å². The Morgan fingerprint density at radius 3 is 2.59 bits per heavy atom. The summed E-state index contributed by atoms with van der Waals surface area (Å²) in [6.07, 6.45) is 1.79. The number of thiazole rings is 1. The minimum absolute atomic E-state index is 0.0362. The minimum atomic E-state index is -3.64. The molecule has 0 bridgehead atoms. The number of benzene rings is 1. The second-order valence-electron chi connectivity index (χ2n) is 4.65. The van der Waals surface area contributed by atoms with E-state index in [9.17, 15) is 13.2 Å². The van der Waals surface area contributed by atoms with Crippen LogP contribution in [0.25, 0.3) is 0 Å². The average Bonchev–Trinajstić information content (AvgIpc) is 2.84. The molecule has 0 aliphatic rings. The Balaban J connectivity index is 2.52. The molecule has 0 spiro atoms. The summed E-state index contributed by atoms with van der Waals surface area (Å²) in [6, 6.07) is 4.41. The molecule has 0 aliphatic heterocycles. The van der Waals surface area contributed by atoms with Gasteiger partial charge in [0.15, 0.2) is 4.80 Å². The zero-order chi connectivity index (χ0) is 16.5. The summed E-state index contributed by atoms with van der Waals surface area (Å²) >= 11 is 4.54. The van der Waals surface area contributed by atoms with E-state index < -0.39 is 15.9 Å². The molecular formula is C13H14BrN3O3S2. The van der Waals surface area contributed by atoms with Crippen molar-refractivity contribution in [2.45, 2.75) is 4.90 Å². The van der Waals surface area contributed by atoms with Crippen LogP contribution in [0.1, 0.15) is 10.4 Å².